The summed E-state index contributed by atoms with van der Waals surface area (Å²) in [5.41, 5.74) is 9.87. The predicted molar refractivity (Wildman–Crippen MR) is 106 cm³/mol. The highest BCUT2D eigenvalue weighted by atomic mass is 16.1. The molecule has 0 saturated carbocycles. The fraction of sp³-hybridized carbons (Fsp3) is 0.350. The Morgan fingerprint density at radius 1 is 1.33 bits per heavy atom. The Balaban J connectivity index is 1.89. The van der Waals surface area contributed by atoms with Crippen molar-refractivity contribution in [3.05, 3.63) is 64.0 Å². The van der Waals surface area contributed by atoms with Crippen molar-refractivity contribution in [1.29, 1.82) is 0 Å². The van der Waals surface area contributed by atoms with Gasteiger partial charge in [-0.05, 0) is 24.5 Å². The second kappa shape index (κ2) is 6.89. The van der Waals surface area contributed by atoms with Crippen LogP contribution in [-0.2, 0) is 13.6 Å². The summed E-state index contributed by atoms with van der Waals surface area (Å²) < 4.78 is 3.30. The smallest absolute Gasteiger partial charge is 0.330 e. The third-order valence-corrected chi connectivity index (χ3v) is 5.23. The standard InChI is InChI=1S/C20H22N6O/c1-22-16-8-4-3-6-14(16)12-26-18-17(25-11-5-7-15(21)13-25)9-10-23-19(18)24(2)20(26)27/h3-4,6,8-10,15H,5,7,11-13,21H2,2H3/t15-/m1/s1. The van der Waals surface area contributed by atoms with Crippen LogP contribution in [0, 0.1) is 6.57 Å². The maximum absolute atomic E-state index is 13.0. The van der Waals surface area contributed by atoms with Crippen molar-refractivity contribution in [3.63, 3.8) is 0 Å². The van der Waals surface area contributed by atoms with E-state index in [1.807, 2.05) is 24.3 Å². The van der Waals surface area contributed by atoms with E-state index in [0.717, 1.165) is 42.7 Å². The molecule has 1 aliphatic heterocycles. The highest BCUT2D eigenvalue weighted by Gasteiger charge is 2.23. The number of aromatic nitrogens is 3. The van der Waals surface area contributed by atoms with E-state index in [1.54, 1.807) is 28.4 Å². The minimum Gasteiger partial charge on any atom is -0.368 e. The average molecular weight is 362 g/mol. The zero-order chi connectivity index (χ0) is 19.0. The van der Waals surface area contributed by atoms with E-state index in [4.69, 9.17) is 12.3 Å². The number of para-hydroxylation sites is 1. The molecule has 7 heteroatoms. The van der Waals surface area contributed by atoms with Crippen LogP contribution in [0.3, 0.4) is 0 Å². The number of pyridine rings is 1. The van der Waals surface area contributed by atoms with Gasteiger partial charge in [-0.1, -0.05) is 24.3 Å². The predicted octanol–water partition coefficient (Wildman–Crippen LogP) is 2.26. The molecule has 3 heterocycles. The summed E-state index contributed by atoms with van der Waals surface area (Å²) in [5.74, 6) is 0. The largest absolute Gasteiger partial charge is 0.368 e. The highest BCUT2D eigenvalue weighted by molar-refractivity contribution is 5.87. The van der Waals surface area contributed by atoms with Crippen LogP contribution in [0.2, 0.25) is 0 Å². The van der Waals surface area contributed by atoms with Crippen molar-refractivity contribution < 1.29 is 0 Å². The average Bonchev–Trinajstić information content (AvgIpc) is 2.93. The second-order valence-corrected chi connectivity index (χ2v) is 7.02. The first kappa shape index (κ1) is 17.3. The number of nitrogens with two attached hydrogens (primary N) is 1. The van der Waals surface area contributed by atoms with Crippen molar-refractivity contribution in [2.45, 2.75) is 25.4 Å². The molecule has 1 fully saturated rings. The number of hydrogen-bond donors (Lipinski definition) is 1. The molecule has 1 saturated heterocycles. The first-order valence-corrected chi connectivity index (χ1v) is 9.10. The van der Waals surface area contributed by atoms with E-state index in [-0.39, 0.29) is 11.7 Å². The summed E-state index contributed by atoms with van der Waals surface area (Å²) in [6.07, 6.45) is 3.79. The Kier molecular flexibility index (Phi) is 4.42. The lowest BCUT2D eigenvalue weighted by Gasteiger charge is -2.33. The first-order valence-electron chi connectivity index (χ1n) is 9.10. The molecule has 0 amide bonds. The lowest BCUT2D eigenvalue weighted by Crippen LogP contribution is -2.43. The van der Waals surface area contributed by atoms with Gasteiger partial charge in [0.2, 0.25) is 0 Å². The Bertz CT molecular complexity index is 1090. The van der Waals surface area contributed by atoms with E-state index >= 15 is 0 Å². The van der Waals surface area contributed by atoms with Crippen molar-refractivity contribution in [3.8, 4) is 0 Å². The SMILES string of the molecule is [C-]#[N+]c1ccccc1Cn1c(=O)n(C)c2nccc(N3CCC[C@@H](N)C3)c21. The Morgan fingerprint density at radius 2 is 2.15 bits per heavy atom. The van der Waals surface area contributed by atoms with Crippen molar-refractivity contribution in [2.24, 2.45) is 12.8 Å². The molecule has 3 aromatic rings. The first-order chi connectivity index (χ1) is 13.1. The quantitative estimate of drug-likeness (QED) is 0.726. The Labute approximate surface area is 157 Å². The summed E-state index contributed by atoms with van der Waals surface area (Å²) in [7, 11) is 1.74. The molecule has 2 aromatic heterocycles. The fourth-order valence-corrected chi connectivity index (χ4v) is 3.86. The molecular weight excluding hydrogens is 340 g/mol. The highest BCUT2D eigenvalue weighted by Crippen LogP contribution is 2.28. The number of hydrogen-bond acceptors (Lipinski definition) is 4. The van der Waals surface area contributed by atoms with Crippen LogP contribution in [-0.4, -0.2) is 33.2 Å². The van der Waals surface area contributed by atoms with Gasteiger partial charge in [-0.3, -0.25) is 9.13 Å². The fourth-order valence-electron chi connectivity index (χ4n) is 3.86. The van der Waals surface area contributed by atoms with E-state index in [1.165, 1.54) is 0 Å². The van der Waals surface area contributed by atoms with Crippen LogP contribution < -0.4 is 16.3 Å². The molecule has 0 aliphatic carbocycles. The number of rotatable bonds is 3. The van der Waals surface area contributed by atoms with Crippen LogP contribution >= 0.6 is 0 Å². The van der Waals surface area contributed by atoms with E-state index < -0.39 is 0 Å². The molecule has 27 heavy (non-hydrogen) atoms. The summed E-state index contributed by atoms with van der Waals surface area (Å²) in [6.45, 7) is 9.41. The van der Waals surface area contributed by atoms with E-state index in [2.05, 4.69) is 14.7 Å². The number of nitrogens with zero attached hydrogens (tertiary/aromatic N) is 5. The van der Waals surface area contributed by atoms with E-state index in [0.29, 0.717) is 17.9 Å². The molecule has 1 atom stereocenters. The van der Waals surface area contributed by atoms with Crippen molar-refractivity contribution >= 4 is 22.5 Å². The monoisotopic (exact) mass is 362 g/mol. The third kappa shape index (κ3) is 2.98. The van der Waals surface area contributed by atoms with Crippen LogP contribution in [0.15, 0.2) is 41.3 Å². The minimum absolute atomic E-state index is 0.133. The summed E-state index contributed by atoms with van der Waals surface area (Å²) >= 11 is 0. The summed E-state index contributed by atoms with van der Waals surface area (Å²) in [4.78, 5) is 23.2. The lowest BCUT2D eigenvalue weighted by atomic mass is 10.1. The van der Waals surface area contributed by atoms with Crippen LogP contribution in [0.1, 0.15) is 18.4 Å². The molecule has 4 rings (SSSR count). The Hall–Kier alpha value is -3.11. The molecule has 2 N–H and O–H groups in total. The topological polar surface area (TPSA) is 73.4 Å². The minimum atomic E-state index is -0.133. The molecule has 0 spiro atoms. The van der Waals surface area contributed by atoms with Gasteiger partial charge in [0.15, 0.2) is 11.3 Å². The molecule has 138 valence electrons. The molecule has 7 nitrogen and oxygen atoms in total. The van der Waals surface area contributed by atoms with Gasteiger partial charge in [0.25, 0.3) is 0 Å². The number of imidazole rings is 1. The zero-order valence-corrected chi connectivity index (χ0v) is 15.3. The van der Waals surface area contributed by atoms with Gasteiger partial charge in [-0.15, -0.1) is 0 Å². The van der Waals surface area contributed by atoms with Crippen LogP contribution in [0.25, 0.3) is 16.0 Å². The van der Waals surface area contributed by atoms with Gasteiger partial charge in [-0.2, -0.15) is 0 Å². The summed E-state index contributed by atoms with van der Waals surface area (Å²) in [6, 6.07) is 9.49. The number of aryl methyl sites for hydroxylation is 1. The number of piperidine rings is 1. The second-order valence-electron chi connectivity index (χ2n) is 7.02. The molecule has 0 unspecified atom stereocenters. The number of benzene rings is 1. The van der Waals surface area contributed by atoms with Crippen LogP contribution in [0.5, 0.6) is 0 Å². The normalized spacial score (nSPS) is 17.2. The molecule has 1 aliphatic rings. The van der Waals surface area contributed by atoms with Gasteiger partial charge in [-0.25, -0.2) is 14.6 Å². The van der Waals surface area contributed by atoms with Gasteiger partial charge >= 0.3 is 5.69 Å². The lowest BCUT2D eigenvalue weighted by molar-refractivity contribution is 0.506. The third-order valence-electron chi connectivity index (χ3n) is 5.23. The zero-order valence-electron chi connectivity index (χ0n) is 15.3. The maximum Gasteiger partial charge on any atom is 0.330 e. The van der Waals surface area contributed by atoms with Gasteiger partial charge in [0, 0.05) is 38.9 Å². The maximum atomic E-state index is 13.0. The number of anilines is 1. The Morgan fingerprint density at radius 3 is 2.93 bits per heavy atom. The van der Waals surface area contributed by atoms with Crippen molar-refractivity contribution in [1.82, 2.24) is 14.1 Å². The summed E-state index contributed by atoms with van der Waals surface area (Å²) in [5, 5.41) is 0. The molecular formula is C20H22N6O. The van der Waals surface area contributed by atoms with Gasteiger partial charge in [0.05, 0.1) is 12.3 Å². The van der Waals surface area contributed by atoms with Crippen LogP contribution in [0.4, 0.5) is 11.4 Å². The molecule has 0 bridgehead atoms. The molecule has 0 radical (unpaired) electrons. The molecule has 1 aromatic carbocycles. The van der Waals surface area contributed by atoms with Gasteiger partial charge in [0.1, 0.15) is 5.52 Å². The van der Waals surface area contributed by atoms with Crippen molar-refractivity contribution in [2.75, 3.05) is 18.0 Å². The number of fused-ring (bicyclic) bond motifs is 1. The van der Waals surface area contributed by atoms with Gasteiger partial charge < -0.3 is 10.6 Å². The van der Waals surface area contributed by atoms with E-state index in [9.17, 15) is 4.79 Å².